The van der Waals surface area contributed by atoms with Crippen LogP contribution >= 0.6 is 11.8 Å². The van der Waals surface area contributed by atoms with Crippen molar-refractivity contribution in [1.82, 2.24) is 24.2 Å². The standard InChI is InChI=1S/C27H26N6O3S/c1-3-4-15-36-22-11-7-20(8-12-22)23-16-24-26-29-30-27(32(26)13-14-33(24)31-23)37-17-25(35)28-21-9-5-19(6-10-21)18(2)34/h5-14,16H,3-4,15,17H2,1-2H3,(H,28,35). The van der Waals surface area contributed by atoms with Crippen molar-refractivity contribution in [1.29, 1.82) is 0 Å². The van der Waals surface area contributed by atoms with Gasteiger partial charge >= 0.3 is 0 Å². The first-order valence-corrected chi connectivity index (χ1v) is 13.0. The number of benzene rings is 2. The Kier molecular flexibility index (Phi) is 7.18. The van der Waals surface area contributed by atoms with Crippen molar-refractivity contribution >= 4 is 40.3 Å². The molecule has 5 aromatic rings. The van der Waals surface area contributed by atoms with Crippen molar-refractivity contribution < 1.29 is 14.3 Å². The third-order valence-electron chi connectivity index (χ3n) is 5.81. The number of fused-ring (bicyclic) bond motifs is 3. The number of unbranched alkanes of at least 4 members (excludes halogenated alkanes) is 1. The Labute approximate surface area is 217 Å². The molecule has 0 fully saturated rings. The Hall–Kier alpha value is -4.18. The van der Waals surface area contributed by atoms with E-state index in [4.69, 9.17) is 4.74 Å². The molecule has 2 aromatic carbocycles. The number of ketones is 1. The summed E-state index contributed by atoms with van der Waals surface area (Å²) in [6, 6.07) is 16.7. The number of ether oxygens (including phenoxy) is 1. The molecule has 0 aliphatic rings. The predicted molar refractivity (Wildman–Crippen MR) is 143 cm³/mol. The third kappa shape index (κ3) is 5.49. The SMILES string of the molecule is CCCCOc1ccc(-c2cc3c4nnc(SCC(=O)Nc5ccc(C(C)=O)cc5)n4ccn3n2)cc1. The van der Waals surface area contributed by atoms with Crippen LogP contribution in [0, 0.1) is 0 Å². The molecule has 0 bridgehead atoms. The van der Waals surface area contributed by atoms with Crippen LogP contribution in [0.4, 0.5) is 5.69 Å². The maximum absolute atomic E-state index is 12.5. The largest absolute Gasteiger partial charge is 0.494 e. The van der Waals surface area contributed by atoms with Crippen molar-refractivity contribution in [3.8, 4) is 17.0 Å². The average Bonchev–Trinajstić information content (AvgIpc) is 3.52. The lowest BCUT2D eigenvalue weighted by atomic mass is 10.1. The van der Waals surface area contributed by atoms with E-state index in [1.165, 1.54) is 18.7 Å². The van der Waals surface area contributed by atoms with Gasteiger partial charge in [0.15, 0.2) is 16.6 Å². The van der Waals surface area contributed by atoms with Gasteiger partial charge in [0.25, 0.3) is 0 Å². The Morgan fingerprint density at radius 2 is 1.81 bits per heavy atom. The van der Waals surface area contributed by atoms with Gasteiger partial charge < -0.3 is 10.1 Å². The van der Waals surface area contributed by atoms with E-state index in [1.807, 2.05) is 47.1 Å². The highest BCUT2D eigenvalue weighted by Gasteiger charge is 2.14. The summed E-state index contributed by atoms with van der Waals surface area (Å²) in [7, 11) is 0. The first-order chi connectivity index (χ1) is 18.0. The van der Waals surface area contributed by atoms with E-state index in [0.29, 0.717) is 28.7 Å². The second kappa shape index (κ2) is 10.8. The normalized spacial score (nSPS) is 11.2. The van der Waals surface area contributed by atoms with E-state index in [-0.39, 0.29) is 17.4 Å². The van der Waals surface area contributed by atoms with Crippen molar-refractivity contribution in [2.45, 2.75) is 31.8 Å². The van der Waals surface area contributed by atoms with Crippen LogP contribution in [-0.2, 0) is 4.79 Å². The number of nitrogens with one attached hydrogen (secondary N) is 1. The third-order valence-corrected chi connectivity index (χ3v) is 6.75. The Morgan fingerprint density at radius 3 is 2.54 bits per heavy atom. The fourth-order valence-corrected chi connectivity index (χ4v) is 4.52. The lowest BCUT2D eigenvalue weighted by Crippen LogP contribution is -2.14. The van der Waals surface area contributed by atoms with E-state index in [9.17, 15) is 9.59 Å². The average molecular weight is 515 g/mol. The minimum absolute atomic E-state index is 0.0168. The van der Waals surface area contributed by atoms with Gasteiger partial charge in [-0.2, -0.15) is 5.10 Å². The van der Waals surface area contributed by atoms with Gasteiger partial charge in [0.2, 0.25) is 5.91 Å². The molecule has 0 unspecified atom stereocenters. The molecular formula is C27H26N6O3S. The number of rotatable bonds is 10. The molecule has 0 radical (unpaired) electrons. The van der Waals surface area contributed by atoms with Crippen LogP contribution in [0.5, 0.6) is 5.75 Å². The number of hydrogen-bond acceptors (Lipinski definition) is 7. The van der Waals surface area contributed by atoms with E-state index < -0.39 is 0 Å². The maximum atomic E-state index is 12.5. The second-order valence-electron chi connectivity index (χ2n) is 8.53. The number of anilines is 1. The molecule has 3 aromatic heterocycles. The highest BCUT2D eigenvalue weighted by Crippen LogP contribution is 2.26. The molecule has 0 saturated carbocycles. The molecule has 10 heteroatoms. The summed E-state index contributed by atoms with van der Waals surface area (Å²) in [6.07, 6.45) is 5.81. The van der Waals surface area contributed by atoms with E-state index in [2.05, 4.69) is 27.5 Å². The zero-order valence-corrected chi connectivity index (χ0v) is 21.4. The number of aromatic nitrogens is 5. The van der Waals surface area contributed by atoms with Gasteiger partial charge in [0, 0.05) is 29.2 Å². The van der Waals surface area contributed by atoms with Gasteiger partial charge in [-0.15, -0.1) is 10.2 Å². The minimum Gasteiger partial charge on any atom is -0.494 e. The monoisotopic (exact) mass is 514 g/mol. The lowest BCUT2D eigenvalue weighted by molar-refractivity contribution is -0.113. The summed E-state index contributed by atoms with van der Waals surface area (Å²) in [4.78, 5) is 23.9. The van der Waals surface area contributed by atoms with E-state index in [0.717, 1.165) is 35.4 Å². The summed E-state index contributed by atoms with van der Waals surface area (Å²) in [5.41, 5.74) is 4.51. The fourth-order valence-electron chi connectivity index (χ4n) is 3.80. The van der Waals surface area contributed by atoms with Crippen molar-refractivity contribution in [3.63, 3.8) is 0 Å². The molecule has 0 saturated heterocycles. The minimum atomic E-state index is -0.174. The van der Waals surface area contributed by atoms with Crippen LogP contribution < -0.4 is 10.1 Å². The molecule has 1 amide bonds. The number of carbonyl (C=O) groups is 2. The molecule has 0 aliphatic carbocycles. The van der Waals surface area contributed by atoms with Crippen LogP contribution in [0.3, 0.4) is 0 Å². The highest BCUT2D eigenvalue weighted by atomic mass is 32.2. The van der Waals surface area contributed by atoms with Crippen LogP contribution in [0.2, 0.25) is 0 Å². The molecule has 1 N–H and O–H groups in total. The molecular weight excluding hydrogens is 488 g/mol. The topological polar surface area (TPSA) is 103 Å². The molecule has 0 atom stereocenters. The van der Waals surface area contributed by atoms with Gasteiger partial charge in [0.05, 0.1) is 18.1 Å². The van der Waals surface area contributed by atoms with Gasteiger partial charge in [-0.25, -0.2) is 4.52 Å². The van der Waals surface area contributed by atoms with E-state index in [1.54, 1.807) is 28.8 Å². The summed E-state index contributed by atoms with van der Waals surface area (Å²) in [6.45, 7) is 4.36. The molecule has 0 spiro atoms. The van der Waals surface area contributed by atoms with Gasteiger partial charge in [0.1, 0.15) is 11.3 Å². The van der Waals surface area contributed by atoms with Gasteiger partial charge in [-0.1, -0.05) is 25.1 Å². The number of hydrogen-bond donors (Lipinski definition) is 1. The molecule has 0 aliphatic heterocycles. The molecule has 5 rings (SSSR count). The Bertz CT molecular complexity index is 1560. The summed E-state index contributed by atoms with van der Waals surface area (Å²) in [5, 5.41) is 16.8. The number of amides is 1. The van der Waals surface area contributed by atoms with Crippen molar-refractivity contribution in [2.24, 2.45) is 0 Å². The van der Waals surface area contributed by atoms with Crippen LogP contribution in [0.1, 0.15) is 37.0 Å². The number of carbonyl (C=O) groups excluding carboxylic acids is 2. The quantitative estimate of drug-likeness (QED) is 0.156. The van der Waals surface area contributed by atoms with Crippen molar-refractivity contribution in [3.05, 3.63) is 72.6 Å². The number of nitrogens with zero attached hydrogens (tertiary/aromatic N) is 5. The van der Waals surface area contributed by atoms with Crippen molar-refractivity contribution in [2.75, 3.05) is 17.7 Å². The summed E-state index contributed by atoms with van der Waals surface area (Å²) < 4.78 is 9.38. The molecule has 9 nitrogen and oxygen atoms in total. The number of Topliss-reactive ketones (excluding diaryl/α,β-unsaturated/α-hetero) is 1. The lowest BCUT2D eigenvalue weighted by Gasteiger charge is -2.05. The van der Waals surface area contributed by atoms with Gasteiger partial charge in [-0.3, -0.25) is 14.0 Å². The first-order valence-electron chi connectivity index (χ1n) is 12.0. The molecule has 37 heavy (non-hydrogen) atoms. The van der Waals surface area contributed by atoms with Crippen LogP contribution in [-0.4, -0.2) is 48.3 Å². The smallest absolute Gasteiger partial charge is 0.234 e. The highest BCUT2D eigenvalue weighted by molar-refractivity contribution is 7.99. The molecule has 3 heterocycles. The Morgan fingerprint density at radius 1 is 1.03 bits per heavy atom. The zero-order valence-electron chi connectivity index (χ0n) is 20.5. The Balaban J connectivity index is 1.28. The second-order valence-corrected chi connectivity index (χ2v) is 9.47. The fraction of sp³-hybridized carbons (Fsp3) is 0.222. The van der Waals surface area contributed by atoms with Crippen LogP contribution in [0.15, 0.2) is 72.1 Å². The predicted octanol–water partition coefficient (Wildman–Crippen LogP) is 5.16. The summed E-state index contributed by atoms with van der Waals surface area (Å²) >= 11 is 1.29. The summed E-state index contributed by atoms with van der Waals surface area (Å²) in [5.74, 6) is 0.820. The van der Waals surface area contributed by atoms with Gasteiger partial charge in [-0.05, 0) is 67.9 Å². The first kappa shape index (κ1) is 24.5. The maximum Gasteiger partial charge on any atom is 0.234 e. The number of thioether (sulfide) groups is 1. The molecule has 188 valence electrons. The van der Waals surface area contributed by atoms with Crippen LogP contribution in [0.25, 0.3) is 22.4 Å². The van der Waals surface area contributed by atoms with E-state index >= 15 is 0 Å². The zero-order chi connectivity index (χ0) is 25.8.